The number of quaternary nitrogens is 1. The molecule has 0 bridgehead atoms. The normalized spacial score (nSPS) is 11.1. The Morgan fingerprint density at radius 1 is 1.08 bits per heavy atom. The Balaban J connectivity index is 0. The Morgan fingerprint density at radius 2 is 1.69 bits per heavy atom. The standard InChI is InChI=1S/C9H22NO2.ClH/c1-10(2,3)6-9-12-8-5-4-7-11;/h11H,4-9H2,1-3H3;1H/q+1;/p-1. The van der Waals surface area contributed by atoms with Crippen molar-refractivity contribution < 1.29 is 26.7 Å². The molecule has 82 valence electrons. The fraction of sp³-hybridized carbons (Fsp3) is 1.00. The predicted molar refractivity (Wildman–Crippen MR) is 50.0 cm³/mol. The molecule has 0 fully saturated rings. The third-order valence-corrected chi connectivity index (χ3v) is 1.60. The lowest BCUT2D eigenvalue weighted by molar-refractivity contribution is -0.870. The van der Waals surface area contributed by atoms with Gasteiger partial charge < -0.3 is 26.7 Å². The summed E-state index contributed by atoms with van der Waals surface area (Å²) in [7, 11) is 6.45. The van der Waals surface area contributed by atoms with Gasteiger partial charge in [-0.25, -0.2) is 0 Å². The smallest absolute Gasteiger partial charge is 0.102 e. The van der Waals surface area contributed by atoms with E-state index < -0.39 is 0 Å². The van der Waals surface area contributed by atoms with Crippen molar-refractivity contribution in [3.8, 4) is 0 Å². The lowest BCUT2D eigenvalue weighted by Crippen LogP contribution is -3.00. The van der Waals surface area contributed by atoms with Crippen LogP contribution in [0.4, 0.5) is 0 Å². The van der Waals surface area contributed by atoms with Gasteiger partial charge in [0.15, 0.2) is 0 Å². The molecule has 0 aromatic carbocycles. The Bertz CT molecular complexity index is 104. The highest BCUT2D eigenvalue weighted by Gasteiger charge is 2.04. The van der Waals surface area contributed by atoms with Gasteiger partial charge in [-0.3, -0.25) is 0 Å². The first-order valence-corrected chi connectivity index (χ1v) is 4.55. The number of unbranched alkanes of at least 4 members (excludes halogenated alkanes) is 1. The molecule has 0 aromatic rings. The van der Waals surface area contributed by atoms with E-state index in [-0.39, 0.29) is 19.0 Å². The van der Waals surface area contributed by atoms with Gasteiger partial charge in [-0.1, -0.05) is 0 Å². The van der Waals surface area contributed by atoms with Crippen LogP contribution < -0.4 is 12.4 Å². The number of rotatable bonds is 7. The van der Waals surface area contributed by atoms with E-state index >= 15 is 0 Å². The molecule has 13 heavy (non-hydrogen) atoms. The first kappa shape index (κ1) is 15.6. The topological polar surface area (TPSA) is 29.5 Å². The molecule has 0 atom stereocenters. The van der Waals surface area contributed by atoms with Crippen LogP contribution in [0, 0.1) is 0 Å². The van der Waals surface area contributed by atoms with Crippen molar-refractivity contribution in [1.82, 2.24) is 0 Å². The Kier molecular flexibility index (Phi) is 10.5. The van der Waals surface area contributed by atoms with Crippen LogP contribution in [-0.4, -0.2) is 57.1 Å². The van der Waals surface area contributed by atoms with Crippen molar-refractivity contribution >= 4 is 0 Å². The van der Waals surface area contributed by atoms with Gasteiger partial charge in [-0.2, -0.15) is 0 Å². The summed E-state index contributed by atoms with van der Waals surface area (Å²) >= 11 is 0. The summed E-state index contributed by atoms with van der Waals surface area (Å²) in [6.07, 6.45) is 1.82. The Morgan fingerprint density at radius 3 is 2.15 bits per heavy atom. The van der Waals surface area contributed by atoms with Gasteiger partial charge in [0.2, 0.25) is 0 Å². The number of likely N-dealkylation sites (N-methyl/N-ethyl adjacent to an activating group) is 1. The molecule has 0 aliphatic rings. The summed E-state index contributed by atoms with van der Waals surface area (Å²) in [6.45, 7) is 2.91. The summed E-state index contributed by atoms with van der Waals surface area (Å²) in [4.78, 5) is 0. The van der Waals surface area contributed by atoms with Crippen LogP contribution in [0.15, 0.2) is 0 Å². The predicted octanol–water partition coefficient (Wildman–Crippen LogP) is -2.51. The van der Waals surface area contributed by atoms with E-state index in [1.807, 2.05) is 0 Å². The summed E-state index contributed by atoms with van der Waals surface area (Å²) in [6, 6.07) is 0. The highest BCUT2D eigenvalue weighted by molar-refractivity contribution is 4.36. The van der Waals surface area contributed by atoms with Gasteiger partial charge in [0.05, 0.1) is 27.7 Å². The Labute approximate surface area is 87.7 Å². The third-order valence-electron chi connectivity index (χ3n) is 1.60. The number of hydrogen-bond acceptors (Lipinski definition) is 2. The van der Waals surface area contributed by atoms with Gasteiger partial charge >= 0.3 is 0 Å². The highest BCUT2D eigenvalue weighted by Crippen LogP contribution is 1.92. The van der Waals surface area contributed by atoms with E-state index in [9.17, 15) is 0 Å². The van der Waals surface area contributed by atoms with Crippen LogP contribution >= 0.6 is 0 Å². The molecular formula is C9H22ClNO2. The average Bonchev–Trinajstić information content (AvgIpc) is 1.94. The lowest BCUT2D eigenvalue weighted by atomic mass is 10.3. The van der Waals surface area contributed by atoms with E-state index in [1.54, 1.807) is 0 Å². The van der Waals surface area contributed by atoms with Crippen molar-refractivity contribution in [2.75, 3.05) is 47.5 Å². The minimum Gasteiger partial charge on any atom is -1.00 e. The molecule has 0 unspecified atom stereocenters. The van der Waals surface area contributed by atoms with Crippen LogP contribution in [0.3, 0.4) is 0 Å². The van der Waals surface area contributed by atoms with Crippen molar-refractivity contribution in [2.24, 2.45) is 0 Å². The largest absolute Gasteiger partial charge is 1.00 e. The number of aliphatic hydroxyl groups excluding tert-OH is 1. The van der Waals surface area contributed by atoms with Crippen molar-refractivity contribution in [2.45, 2.75) is 12.8 Å². The molecule has 0 radical (unpaired) electrons. The molecule has 0 aliphatic carbocycles. The van der Waals surface area contributed by atoms with Crippen LogP contribution in [-0.2, 0) is 4.74 Å². The molecule has 0 aromatic heterocycles. The molecule has 0 aliphatic heterocycles. The van der Waals surface area contributed by atoms with Gasteiger partial charge in [0.1, 0.15) is 6.54 Å². The van der Waals surface area contributed by atoms with Crippen LogP contribution in [0.25, 0.3) is 0 Å². The lowest BCUT2D eigenvalue weighted by Gasteiger charge is -2.23. The molecule has 0 amide bonds. The molecule has 3 nitrogen and oxygen atoms in total. The van der Waals surface area contributed by atoms with E-state index in [4.69, 9.17) is 9.84 Å². The van der Waals surface area contributed by atoms with Crippen molar-refractivity contribution in [1.29, 1.82) is 0 Å². The maximum atomic E-state index is 8.49. The number of hydrogen-bond donors (Lipinski definition) is 1. The molecule has 0 rings (SSSR count). The van der Waals surface area contributed by atoms with E-state index in [0.717, 1.165) is 37.1 Å². The SMILES string of the molecule is C[N+](C)(C)CCOCCCCO.[Cl-]. The number of ether oxygens (including phenoxy) is 1. The quantitative estimate of drug-likeness (QED) is 0.372. The zero-order valence-corrected chi connectivity index (χ0v) is 9.68. The van der Waals surface area contributed by atoms with Gasteiger partial charge in [-0.05, 0) is 12.8 Å². The number of halogens is 1. The molecule has 4 heteroatoms. The molecule has 0 heterocycles. The van der Waals surface area contributed by atoms with Crippen LogP contribution in [0.2, 0.25) is 0 Å². The minimum absolute atomic E-state index is 0. The fourth-order valence-electron chi connectivity index (χ4n) is 0.756. The van der Waals surface area contributed by atoms with Gasteiger partial charge in [0, 0.05) is 13.2 Å². The second-order valence-electron chi connectivity index (χ2n) is 4.06. The summed E-state index contributed by atoms with van der Waals surface area (Å²) in [5.74, 6) is 0. The number of nitrogens with zero attached hydrogens (tertiary/aromatic N) is 1. The zero-order valence-electron chi connectivity index (χ0n) is 8.92. The first-order chi connectivity index (χ1) is 5.56. The molecule has 0 spiro atoms. The van der Waals surface area contributed by atoms with E-state index in [0.29, 0.717) is 0 Å². The summed E-state index contributed by atoms with van der Waals surface area (Å²) < 4.78 is 6.33. The molecule has 1 N–H and O–H groups in total. The highest BCUT2D eigenvalue weighted by atomic mass is 35.5. The maximum absolute atomic E-state index is 8.49. The fourth-order valence-corrected chi connectivity index (χ4v) is 0.756. The summed E-state index contributed by atoms with van der Waals surface area (Å²) in [5, 5.41) is 8.49. The average molecular weight is 212 g/mol. The van der Waals surface area contributed by atoms with Gasteiger partial charge in [0.25, 0.3) is 0 Å². The van der Waals surface area contributed by atoms with Gasteiger partial charge in [-0.15, -0.1) is 0 Å². The monoisotopic (exact) mass is 211 g/mol. The Hall–Kier alpha value is 0.170. The van der Waals surface area contributed by atoms with Crippen LogP contribution in [0.5, 0.6) is 0 Å². The summed E-state index contributed by atoms with van der Waals surface area (Å²) in [5.41, 5.74) is 0. The first-order valence-electron chi connectivity index (χ1n) is 4.55. The zero-order chi connectivity index (χ0) is 9.45. The van der Waals surface area contributed by atoms with E-state index in [2.05, 4.69) is 21.1 Å². The molecule has 0 saturated carbocycles. The second kappa shape index (κ2) is 8.75. The maximum Gasteiger partial charge on any atom is 0.102 e. The number of aliphatic hydroxyl groups is 1. The molecule has 0 saturated heterocycles. The molecular weight excluding hydrogens is 190 g/mol. The minimum atomic E-state index is 0. The second-order valence-corrected chi connectivity index (χ2v) is 4.06. The van der Waals surface area contributed by atoms with Crippen molar-refractivity contribution in [3.05, 3.63) is 0 Å². The third kappa shape index (κ3) is 15.0. The van der Waals surface area contributed by atoms with Crippen LogP contribution in [0.1, 0.15) is 12.8 Å². The van der Waals surface area contributed by atoms with Crippen molar-refractivity contribution in [3.63, 3.8) is 0 Å². The van der Waals surface area contributed by atoms with E-state index in [1.165, 1.54) is 0 Å².